The maximum atomic E-state index is 5.75. The second-order valence-electron chi connectivity index (χ2n) is 3.22. The molecule has 1 aromatic rings. The smallest absolute Gasteiger partial charge is 0.0649 e. The van der Waals surface area contributed by atoms with Gasteiger partial charge in [0.05, 0.1) is 5.69 Å². The summed E-state index contributed by atoms with van der Waals surface area (Å²) >= 11 is 0. The number of nitrogens with zero attached hydrogens (tertiary/aromatic N) is 1. The minimum atomic E-state index is 0.831. The molecule has 1 aromatic carbocycles. The summed E-state index contributed by atoms with van der Waals surface area (Å²) in [5.41, 5.74) is 9.98. The molecule has 12 heavy (non-hydrogen) atoms. The molecule has 1 saturated carbocycles. The number of rotatable bonds is 1. The van der Waals surface area contributed by atoms with Crippen molar-refractivity contribution in [1.82, 2.24) is 0 Å². The van der Waals surface area contributed by atoms with Crippen LogP contribution in [0.3, 0.4) is 0 Å². The Morgan fingerprint density at radius 2 is 2.08 bits per heavy atom. The summed E-state index contributed by atoms with van der Waals surface area (Å²) in [6, 6.07) is 5.95. The Kier molecular flexibility index (Phi) is 1.61. The zero-order valence-electron chi connectivity index (χ0n) is 7.17. The quantitative estimate of drug-likeness (QED) is 0.629. The van der Waals surface area contributed by atoms with Gasteiger partial charge in [0, 0.05) is 11.4 Å². The molecular formula is C10H12N2. The minimum absolute atomic E-state index is 0.831. The Hall–Kier alpha value is -1.31. The van der Waals surface area contributed by atoms with Gasteiger partial charge in [0.1, 0.15) is 0 Å². The first-order valence-corrected chi connectivity index (χ1v) is 4.18. The van der Waals surface area contributed by atoms with Gasteiger partial charge in [-0.3, -0.25) is 4.99 Å². The van der Waals surface area contributed by atoms with Crippen molar-refractivity contribution < 1.29 is 0 Å². The molecule has 2 heteroatoms. The lowest BCUT2D eigenvalue weighted by molar-refractivity contribution is 1.44. The predicted octanol–water partition coefficient (Wildman–Crippen LogP) is 2.44. The first-order valence-electron chi connectivity index (χ1n) is 4.18. The highest BCUT2D eigenvalue weighted by Crippen LogP contribution is 2.24. The van der Waals surface area contributed by atoms with Gasteiger partial charge in [0.2, 0.25) is 0 Å². The normalized spacial score (nSPS) is 14.6. The Labute approximate surface area is 72.1 Å². The lowest BCUT2D eigenvalue weighted by Crippen LogP contribution is -1.87. The van der Waals surface area contributed by atoms with Crippen molar-refractivity contribution in [3.05, 3.63) is 23.8 Å². The number of hydrogen-bond acceptors (Lipinski definition) is 2. The highest BCUT2D eigenvalue weighted by molar-refractivity contribution is 5.99. The van der Waals surface area contributed by atoms with Gasteiger partial charge < -0.3 is 5.73 Å². The van der Waals surface area contributed by atoms with Crippen LogP contribution in [0.25, 0.3) is 0 Å². The minimum Gasteiger partial charge on any atom is -0.398 e. The first kappa shape index (κ1) is 7.35. The third-order valence-electron chi connectivity index (χ3n) is 2.02. The van der Waals surface area contributed by atoms with Crippen LogP contribution in [0.5, 0.6) is 0 Å². The Morgan fingerprint density at radius 3 is 2.67 bits per heavy atom. The molecule has 62 valence electrons. The van der Waals surface area contributed by atoms with Crippen LogP contribution >= 0.6 is 0 Å². The standard InChI is InChI=1S/C10H12N2/c1-7-2-3-9(6-10(7)11)12-8-4-5-8/h2-3,6H,4-5,11H2,1H3. The number of anilines is 1. The lowest BCUT2D eigenvalue weighted by atomic mass is 10.2. The molecule has 0 saturated heterocycles. The Bertz CT molecular complexity index is 334. The van der Waals surface area contributed by atoms with Gasteiger partial charge in [-0.15, -0.1) is 0 Å². The SMILES string of the molecule is Cc1ccc(N=C2CC2)cc1N. The van der Waals surface area contributed by atoms with Crippen LogP contribution in [-0.4, -0.2) is 5.71 Å². The summed E-state index contributed by atoms with van der Waals surface area (Å²) < 4.78 is 0. The van der Waals surface area contributed by atoms with Crippen molar-refractivity contribution in [3.63, 3.8) is 0 Å². The van der Waals surface area contributed by atoms with Crippen molar-refractivity contribution in [1.29, 1.82) is 0 Å². The van der Waals surface area contributed by atoms with Gasteiger partial charge in [0.15, 0.2) is 0 Å². The molecule has 1 aliphatic rings. The van der Waals surface area contributed by atoms with E-state index >= 15 is 0 Å². The van der Waals surface area contributed by atoms with E-state index in [-0.39, 0.29) is 0 Å². The van der Waals surface area contributed by atoms with E-state index in [1.807, 2.05) is 25.1 Å². The highest BCUT2D eigenvalue weighted by Gasteiger charge is 2.12. The summed E-state index contributed by atoms with van der Waals surface area (Å²) in [6.45, 7) is 2.00. The monoisotopic (exact) mass is 160 g/mol. The predicted molar refractivity (Wildman–Crippen MR) is 51.9 cm³/mol. The topological polar surface area (TPSA) is 38.4 Å². The fraction of sp³-hybridized carbons (Fsp3) is 0.300. The summed E-state index contributed by atoms with van der Waals surface area (Å²) in [5, 5.41) is 0. The molecule has 0 aliphatic heterocycles. The zero-order chi connectivity index (χ0) is 8.55. The van der Waals surface area contributed by atoms with E-state index < -0.39 is 0 Å². The van der Waals surface area contributed by atoms with Gasteiger partial charge in [-0.25, -0.2) is 0 Å². The number of nitrogens with two attached hydrogens (primary N) is 1. The first-order chi connectivity index (χ1) is 5.75. The molecule has 0 unspecified atom stereocenters. The van der Waals surface area contributed by atoms with Crippen LogP contribution in [0.2, 0.25) is 0 Å². The van der Waals surface area contributed by atoms with E-state index in [4.69, 9.17) is 5.73 Å². The second-order valence-corrected chi connectivity index (χ2v) is 3.22. The third kappa shape index (κ3) is 1.47. The van der Waals surface area contributed by atoms with Crippen LogP contribution in [0.4, 0.5) is 11.4 Å². The lowest BCUT2D eigenvalue weighted by Gasteiger charge is -1.99. The molecule has 0 bridgehead atoms. The van der Waals surface area contributed by atoms with Crippen molar-refractivity contribution in [2.75, 3.05) is 5.73 Å². The average molecular weight is 160 g/mol. The van der Waals surface area contributed by atoms with Crippen LogP contribution in [0, 0.1) is 6.92 Å². The summed E-state index contributed by atoms with van der Waals surface area (Å²) in [4.78, 5) is 4.41. The third-order valence-corrected chi connectivity index (χ3v) is 2.02. The largest absolute Gasteiger partial charge is 0.398 e. The summed E-state index contributed by atoms with van der Waals surface area (Å²) in [5.74, 6) is 0. The van der Waals surface area contributed by atoms with Crippen molar-refractivity contribution in [2.24, 2.45) is 4.99 Å². The molecule has 0 heterocycles. The second kappa shape index (κ2) is 2.63. The van der Waals surface area contributed by atoms with E-state index in [2.05, 4.69) is 4.99 Å². The van der Waals surface area contributed by atoms with Gasteiger partial charge >= 0.3 is 0 Å². The number of nitrogen functional groups attached to an aromatic ring is 1. The van der Waals surface area contributed by atoms with Gasteiger partial charge in [-0.2, -0.15) is 0 Å². The number of benzene rings is 1. The molecular weight excluding hydrogens is 148 g/mol. The van der Waals surface area contributed by atoms with E-state index in [1.54, 1.807) is 0 Å². The summed E-state index contributed by atoms with van der Waals surface area (Å²) in [7, 11) is 0. The molecule has 0 atom stereocenters. The summed E-state index contributed by atoms with van der Waals surface area (Å²) in [6.07, 6.45) is 2.32. The fourth-order valence-corrected chi connectivity index (χ4v) is 1.05. The van der Waals surface area contributed by atoms with Crippen molar-refractivity contribution in [3.8, 4) is 0 Å². The number of hydrogen-bond donors (Lipinski definition) is 1. The molecule has 1 fully saturated rings. The molecule has 0 aromatic heterocycles. The maximum absolute atomic E-state index is 5.75. The van der Waals surface area contributed by atoms with Crippen LogP contribution in [0.1, 0.15) is 18.4 Å². The Balaban J connectivity index is 2.33. The molecule has 0 radical (unpaired) electrons. The van der Waals surface area contributed by atoms with Crippen LogP contribution in [0.15, 0.2) is 23.2 Å². The van der Waals surface area contributed by atoms with Gasteiger partial charge in [0.25, 0.3) is 0 Å². The average Bonchev–Trinajstić information content (AvgIpc) is 2.81. The van der Waals surface area contributed by atoms with Crippen molar-refractivity contribution in [2.45, 2.75) is 19.8 Å². The highest BCUT2D eigenvalue weighted by atomic mass is 14.8. The molecule has 2 nitrogen and oxygen atoms in total. The zero-order valence-corrected chi connectivity index (χ0v) is 7.17. The van der Waals surface area contributed by atoms with Crippen LogP contribution < -0.4 is 5.73 Å². The fourth-order valence-electron chi connectivity index (χ4n) is 1.05. The maximum Gasteiger partial charge on any atom is 0.0649 e. The van der Waals surface area contributed by atoms with Crippen molar-refractivity contribution >= 4 is 17.1 Å². The molecule has 2 rings (SSSR count). The molecule has 2 N–H and O–H groups in total. The number of aryl methyl sites for hydroxylation is 1. The van der Waals surface area contributed by atoms with Gasteiger partial charge in [-0.05, 0) is 37.5 Å². The van der Waals surface area contributed by atoms with E-state index in [0.29, 0.717) is 0 Å². The Morgan fingerprint density at radius 1 is 1.33 bits per heavy atom. The van der Waals surface area contributed by atoms with E-state index in [1.165, 1.54) is 5.71 Å². The molecule has 0 amide bonds. The van der Waals surface area contributed by atoms with E-state index in [0.717, 1.165) is 29.8 Å². The van der Waals surface area contributed by atoms with E-state index in [9.17, 15) is 0 Å². The number of aliphatic imine (C=N–C) groups is 1. The molecule has 1 aliphatic carbocycles. The molecule has 0 spiro atoms. The van der Waals surface area contributed by atoms with Gasteiger partial charge in [-0.1, -0.05) is 6.07 Å². The van der Waals surface area contributed by atoms with Crippen LogP contribution in [-0.2, 0) is 0 Å².